The molecule has 0 saturated heterocycles. The Morgan fingerprint density at radius 1 is 1.19 bits per heavy atom. The van der Waals surface area contributed by atoms with Crippen LogP contribution in [0.3, 0.4) is 0 Å². The van der Waals surface area contributed by atoms with Crippen molar-refractivity contribution in [2.24, 2.45) is 0 Å². The van der Waals surface area contributed by atoms with Crippen LogP contribution in [0, 0.1) is 24.2 Å². The molecule has 5 nitrogen and oxygen atoms in total. The molecule has 5 heteroatoms. The molecular weight excluding hydrogens is 396 g/mol. The largest absolute Gasteiger partial charge is 0.382 e. The van der Waals surface area contributed by atoms with E-state index in [4.69, 9.17) is 5.26 Å². The van der Waals surface area contributed by atoms with Gasteiger partial charge in [-0.2, -0.15) is 5.26 Å². The average molecular weight is 431 g/mol. The van der Waals surface area contributed by atoms with Crippen molar-refractivity contribution in [3.8, 4) is 18.9 Å². The van der Waals surface area contributed by atoms with Gasteiger partial charge in [0.05, 0.1) is 23.0 Å². The van der Waals surface area contributed by atoms with Gasteiger partial charge in [0, 0.05) is 32.2 Å². The second-order valence-electron chi connectivity index (χ2n) is 7.53. The fourth-order valence-corrected chi connectivity index (χ4v) is 3.26. The molecule has 0 saturated carbocycles. The predicted octanol–water partition coefficient (Wildman–Crippen LogP) is 5.48. The minimum absolute atomic E-state index is 0.0222. The molecule has 2 aromatic carbocycles. The van der Waals surface area contributed by atoms with Crippen LogP contribution in [0.1, 0.15) is 55.1 Å². The topological polar surface area (TPSA) is 59.4 Å². The SMILES string of the molecule is C#C.C/C=C\N(C)c1ccc(C(C)C)cc1NCCN(CC)C(=O)c1ccc(C#N)cc1. The van der Waals surface area contributed by atoms with Crippen LogP contribution in [0.5, 0.6) is 0 Å². The van der Waals surface area contributed by atoms with Gasteiger partial charge in [-0.1, -0.05) is 26.0 Å². The first-order chi connectivity index (χ1) is 15.4. The molecule has 168 valence electrons. The third-order valence-corrected chi connectivity index (χ3v) is 5.07. The molecule has 2 rings (SSSR count). The van der Waals surface area contributed by atoms with Crippen molar-refractivity contribution in [1.29, 1.82) is 5.26 Å². The summed E-state index contributed by atoms with van der Waals surface area (Å²) in [7, 11) is 2.03. The number of carbonyl (C=O) groups excluding carboxylic acids is 1. The normalized spacial score (nSPS) is 10.2. The quantitative estimate of drug-likeness (QED) is 0.536. The van der Waals surface area contributed by atoms with Crippen LogP contribution in [-0.4, -0.2) is 37.5 Å². The van der Waals surface area contributed by atoms with Gasteiger partial charge >= 0.3 is 0 Å². The Hall–Kier alpha value is -3.70. The summed E-state index contributed by atoms with van der Waals surface area (Å²) >= 11 is 0. The van der Waals surface area contributed by atoms with E-state index < -0.39 is 0 Å². The number of likely N-dealkylation sites (N-methyl/N-ethyl adjacent to an activating group) is 1. The Morgan fingerprint density at radius 3 is 2.38 bits per heavy atom. The Labute approximate surface area is 193 Å². The van der Waals surface area contributed by atoms with Gasteiger partial charge < -0.3 is 15.1 Å². The van der Waals surface area contributed by atoms with Crippen molar-refractivity contribution in [2.75, 3.05) is 36.9 Å². The number of carbonyl (C=O) groups is 1. The Balaban J connectivity index is 0.00000249. The summed E-state index contributed by atoms with van der Waals surface area (Å²) in [4.78, 5) is 16.7. The highest BCUT2D eigenvalue weighted by molar-refractivity contribution is 5.94. The number of hydrogen-bond acceptors (Lipinski definition) is 4. The van der Waals surface area contributed by atoms with Gasteiger partial charge in [0.1, 0.15) is 0 Å². The summed E-state index contributed by atoms with van der Waals surface area (Å²) < 4.78 is 0. The van der Waals surface area contributed by atoms with E-state index in [9.17, 15) is 4.79 Å². The van der Waals surface area contributed by atoms with Crippen molar-refractivity contribution in [3.05, 3.63) is 71.4 Å². The number of anilines is 2. The summed E-state index contributed by atoms with van der Waals surface area (Å²) in [6.07, 6.45) is 12.0. The molecule has 0 aromatic heterocycles. The molecule has 0 heterocycles. The lowest BCUT2D eigenvalue weighted by atomic mass is 10.0. The first-order valence-electron chi connectivity index (χ1n) is 10.8. The predicted molar refractivity (Wildman–Crippen MR) is 135 cm³/mol. The highest BCUT2D eigenvalue weighted by Gasteiger charge is 2.15. The van der Waals surface area contributed by atoms with E-state index in [2.05, 4.69) is 61.2 Å². The first kappa shape index (κ1) is 26.3. The lowest BCUT2D eigenvalue weighted by Crippen LogP contribution is -2.35. The third kappa shape index (κ3) is 7.22. The zero-order valence-electron chi connectivity index (χ0n) is 19.8. The number of nitrogens with zero attached hydrogens (tertiary/aromatic N) is 3. The number of nitriles is 1. The monoisotopic (exact) mass is 430 g/mol. The number of terminal acetylenes is 1. The van der Waals surface area contributed by atoms with Crippen LogP contribution in [-0.2, 0) is 0 Å². The number of allylic oxidation sites excluding steroid dienone is 1. The molecule has 0 unspecified atom stereocenters. The molecule has 0 aliphatic carbocycles. The van der Waals surface area contributed by atoms with Crippen LogP contribution in [0.15, 0.2) is 54.7 Å². The maximum absolute atomic E-state index is 12.8. The van der Waals surface area contributed by atoms with Gasteiger partial charge in [0.25, 0.3) is 5.91 Å². The zero-order valence-corrected chi connectivity index (χ0v) is 19.8. The van der Waals surface area contributed by atoms with E-state index in [1.165, 1.54) is 5.56 Å². The number of rotatable bonds is 9. The van der Waals surface area contributed by atoms with E-state index >= 15 is 0 Å². The number of amides is 1. The minimum atomic E-state index is -0.0222. The smallest absolute Gasteiger partial charge is 0.253 e. The zero-order chi connectivity index (χ0) is 24.1. The average Bonchev–Trinajstić information content (AvgIpc) is 2.82. The summed E-state index contributed by atoms with van der Waals surface area (Å²) in [5.41, 5.74) is 4.59. The Morgan fingerprint density at radius 2 is 1.84 bits per heavy atom. The van der Waals surface area contributed by atoms with Gasteiger partial charge in [-0.25, -0.2) is 0 Å². The molecule has 1 amide bonds. The maximum Gasteiger partial charge on any atom is 0.253 e. The summed E-state index contributed by atoms with van der Waals surface area (Å²) in [6.45, 7) is 10.2. The first-order valence-corrected chi connectivity index (χ1v) is 10.8. The fourth-order valence-electron chi connectivity index (χ4n) is 3.26. The maximum atomic E-state index is 12.8. The van der Waals surface area contributed by atoms with Crippen molar-refractivity contribution >= 4 is 17.3 Å². The van der Waals surface area contributed by atoms with Crippen molar-refractivity contribution in [3.63, 3.8) is 0 Å². The van der Waals surface area contributed by atoms with Gasteiger partial charge in [0.15, 0.2) is 0 Å². The van der Waals surface area contributed by atoms with E-state index in [1.807, 2.05) is 38.1 Å². The molecule has 0 atom stereocenters. The Kier molecular flexibility index (Phi) is 11.2. The molecule has 0 aliphatic rings. The second-order valence-corrected chi connectivity index (χ2v) is 7.53. The van der Waals surface area contributed by atoms with Gasteiger partial charge in [0.2, 0.25) is 0 Å². The van der Waals surface area contributed by atoms with Crippen molar-refractivity contribution in [2.45, 2.75) is 33.6 Å². The summed E-state index contributed by atoms with van der Waals surface area (Å²) in [5.74, 6) is 0.419. The molecule has 32 heavy (non-hydrogen) atoms. The molecule has 2 aromatic rings. The lowest BCUT2D eigenvalue weighted by Gasteiger charge is -2.24. The third-order valence-electron chi connectivity index (χ3n) is 5.07. The lowest BCUT2D eigenvalue weighted by molar-refractivity contribution is 0.0770. The van der Waals surface area contributed by atoms with E-state index in [0.29, 0.717) is 36.7 Å². The Bertz CT molecular complexity index is 952. The van der Waals surface area contributed by atoms with Crippen molar-refractivity contribution < 1.29 is 4.79 Å². The number of benzene rings is 2. The molecule has 0 radical (unpaired) electrons. The standard InChI is InChI=1S/C25H32N4O.C2H2/c1-6-15-28(5)24-13-12-22(19(3)4)17-23(24)27-14-16-29(7-2)25(30)21-10-8-20(18-26)9-11-21;1-2/h6,8-13,15,17,19,27H,7,14,16H2,1-5H3;1-2H/b15-6-;. The number of nitrogens with one attached hydrogen (secondary N) is 1. The summed E-state index contributed by atoms with van der Waals surface area (Å²) in [5, 5.41) is 12.5. The van der Waals surface area contributed by atoms with Crippen LogP contribution >= 0.6 is 0 Å². The fraction of sp³-hybridized carbons (Fsp3) is 0.333. The van der Waals surface area contributed by atoms with Crippen LogP contribution in [0.2, 0.25) is 0 Å². The highest BCUT2D eigenvalue weighted by Crippen LogP contribution is 2.29. The number of hydrogen-bond donors (Lipinski definition) is 1. The molecule has 0 fully saturated rings. The van der Waals surface area contributed by atoms with E-state index in [0.717, 1.165) is 11.4 Å². The van der Waals surface area contributed by atoms with Gasteiger partial charge in [-0.05, 0) is 67.9 Å². The van der Waals surface area contributed by atoms with Gasteiger partial charge in [-0.3, -0.25) is 4.79 Å². The van der Waals surface area contributed by atoms with Crippen molar-refractivity contribution in [1.82, 2.24) is 4.90 Å². The van der Waals surface area contributed by atoms with E-state index in [-0.39, 0.29) is 5.91 Å². The van der Waals surface area contributed by atoms with E-state index in [1.54, 1.807) is 24.3 Å². The molecule has 0 spiro atoms. The molecule has 1 N–H and O–H groups in total. The van der Waals surface area contributed by atoms with Gasteiger partial charge in [-0.15, -0.1) is 12.8 Å². The summed E-state index contributed by atoms with van der Waals surface area (Å²) in [6, 6.07) is 15.4. The van der Waals surface area contributed by atoms with Crippen LogP contribution in [0.4, 0.5) is 11.4 Å². The molecule has 0 bridgehead atoms. The van der Waals surface area contributed by atoms with Crippen LogP contribution in [0.25, 0.3) is 0 Å². The highest BCUT2D eigenvalue weighted by atomic mass is 16.2. The molecule has 0 aliphatic heterocycles. The molecular formula is C27H34N4O. The minimum Gasteiger partial charge on any atom is -0.382 e. The second kappa shape index (κ2) is 13.6. The van der Waals surface area contributed by atoms with Crippen LogP contribution < -0.4 is 10.2 Å².